The molecule has 0 aliphatic rings. The minimum Gasteiger partial charge on any atom is -0.353 e. The van der Waals surface area contributed by atoms with Crippen LogP contribution in [-0.2, 0) is 17.6 Å². The summed E-state index contributed by atoms with van der Waals surface area (Å²) in [4.78, 5) is 12.0. The van der Waals surface area contributed by atoms with Gasteiger partial charge in [-0.2, -0.15) is 0 Å². The van der Waals surface area contributed by atoms with E-state index in [-0.39, 0.29) is 11.9 Å². The number of nitrogens with one attached hydrogen (secondary N) is 1. The maximum absolute atomic E-state index is 12.0. The van der Waals surface area contributed by atoms with Gasteiger partial charge < -0.3 is 5.32 Å². The third kappa shape index (κ3) is 5.42. The second-order valence-electron chi connectivity index (χ2n) is 5.66. The molecule has 2 aromatic carbocycles. The normalized spacial score (nSPS) is 11.9. The Kier molecular flexibility index (Phi) is 5.56. The van der Waals surface area contributed by atoms with E-state index >= 15 is 0 Å². The fraction of sp³-hybridized carbons (Fsp3) is 0.316. The fourth-order valence-corrected chi connectivity index (χ4v) is 2.32. The summed E-state index contributed by atoms with van der Waals surface area (Å²) in [5, 5.41) is 3.07. The van der Waals surface area contributed by atoms with Gasteiger partial charge in [-0.15, -0.1) is 0 Å². The summed E-state index contributed by atoms with van der Waals surface area (Å²) in [6.07, 6.45) is 2.41. The van der Waals surface area contributed by atoms with Gasteiger partial charge in [0.15, 0.2) is 0 Å². The molecule has 0 unspecified atom stereocenters. The van der Waals surface area contributed by atoms with Gasteiger partial charge >= 0.3 is 0 Å². The quantitative estimate of drug-likeness (QED) is 0.860. The summed E-state index contributed by atoms with van der Waals surface area (Å²) in [5.41, 5.74) is 3.60. The summed E-state index contributed by atoms with van der Waals surface area (Å²) in [5.74, 6) is 0.0967. The molecule has 2 rings (SSSR count). The van der Waals surface area contributed by atoms with Gasteiger partial charge in [0.2, 0.25) is 5.91 Å². The highest BCUT2D eigenvalue weighted by Crippen LogP contribution is 2.06. The molecule has 2 heteroatoms. The molecular weight excluding hydrogens is 258 g/mol. The number of benzene rings is 2. The first-order valence-corrected chi connectivity index (χ1v) is 7.52. The van der Waals surface area contributed by atoms with Crippen molar-refractivity contribution in [2.24, 2.45) is 0 Å². The van der Waals surface area contributed by atoms with Gasteiger partial charge in [-0.05, 0) is 37.8 Å². The largest absolute Gasteiger partial charge is 0.353 e. The Morgan fingerprint density at radius 3 is 2.33 bits per heavy atom. The topological polar surface area (TPSA) is 29.1 Å². The molecule has 0 bridgehead atoms. The molecule has 1 N–H and O–H groups in total. The predicted molar refractivity (Wildman–Crippen MR) is 87.3 cm³/mol. The molecule has 0 aliphatic heterocycles. The van der Waals surface area contributed by atoms with E-state index in [0.717, 1.165) is 18.4 Å². The molecule has 0 saturated carbocycles. The summed E-state index contributed by atoms with van der Waals surface area (Å²) in [7, 11) is 0. The molecule has 0 heterocycles. The van der Waals surface area contributed by atoms with Gasteiger partial charge in [0.05, 0.1) is 6.42 Å². The summed E-state index contributed by atoms with van der Waals surface area (Å²) >= 11 is 0. The smallest absolute Gasteiger partial charge is 0.224 e. The third-order valence-corrected chi connectivity index (χ3v) is 3.60. The van der Waals surface area contributed by atoms with Crippen molar-refractivity contribution in [2.75, 3.05) is 0 Å². The van der Waals surface area contributed by atoms with Crippen molar-refractivity contribution in [3.63, 3.8) is 0 Å². The van der Waals surface area contributed by atoms with Crippen molar-refractivity contribution in [1.29, 1.82) is 0 Å². The average molecular weight is 281 g/mol. The standard InChI is InChI=1S/C19H23NO/c1-15-8-11-18(12-9-15)14-19(21)20-16(2)10-13-17-6-4-3-5-7-17/h3-9,11-12,16H,10,13-14H2,1-2H3,(H,20,21)/t16-/m1/s1. The van der Waals surface area contributed by atoms with Gasteiger partial charge in [0.25, 0.3) is 0 Å². The first-order valence-electron chi connectivity index (χ1n) is 7.52. The zero-order valence-electron chi connectivity index (χ0n) is 12.8. The van der Waals surface area contributed by atoms with Crippen molar-refractivity contribution >= 4 is 5.91 Å². The Hall–Kier alpha value is -2.09. The zero-order valence-corrected chi connectivity index (χ0v) is 12.8. The number of carbonyl (C=O) groups is 1. The van der Waals surface area contributed by atoms with E-state index in [0.29, 0.717) is 6.42 Å². The van der Waals surface area contributed by atoms with Crippen LogP contribution in [0.5, 0.6) is 0 Å². The van der Waals surface area contributed by atoms with Crippen LogP contribution in [0, 0.1) is 6.92 Å². The Morgan fingerprint density at radius 2 is 1.67 bits per heavy atom. The van der Waals surface area contributed by atoms with Gasteiger partial charge in [-0.3, -0.25) is 4.79 Å². The molecule has 1 amide bonds. The maximum atomic E-state index is 12.0. The number of hydrogen-bond donors (Lipinski definition) is 1. The van der Waals surface area contributed by atoms with E-state index in [1.165, 1.54) is 11.1 Å². The average Bonchev–Trinajstić information content (AvgIpc) is 2.48. The van der Waals surface area contributed by atoms with Gasteiger partial charge in [-0.25, -0.2) is 0 Å². The molecule has 1 atom stereocenters. The second kappa shape index (κ2) is 7.63. The second-order valence-corrected chi connectivity index (χ2v) is 5.66. The molecule has 110 valence electrons. The molecule has 0 saturated heterocycles. The van der Waals surface area contributed by atoms with Gasteiger partial charge in [0, 0.05) is 6.04 Å². The molecule has 0 spiro atoms. The highest BCUT2D eigenvalue weighted by Gasteiger charge is 2.08. The lowest BCUT2D eigenvalue weighted by molar-refractivity contribution is -0.121. The van der Waals surface area contributed by atoms with Crippen molar-refractivity contribution < 1.29 is 4.79 Å². The zero-order chi connectivity index (χ0) is 15.1. The Balaban J connectivity index is 1.75. The molecule has 2 nitrogen and oxygen atoms in total. The number of hydrogen-bond acceptors (Lipinski definition) is 1. The molecule has 2 aromatic rings. The van der Waals surface area contributed by atoms with Gasteiger partial charge in [0.1, 0.15) is 0 Å². The van der Waals surface area contributed by atoms with Crippen LogP contribution in [-0.4, -0.2) is 11.9 Å². The van der Waals surface area contributed by atoms with E-state index in [2.05, 4.69) is 43.4 Å². The Labute approximate surface area is 127 Å². The third-order valence-electron chi connectivity index (χ3n) is 3.60. The van der Waals surface area contributed by atoms with Crippen molar-refractivity contribution in [3.8, 4) is 0 Å². The molecule has 21 heavy (non-hydrogen) atoms. The van der Waals surface area contributed by atoms with Crippen LogP contribution in [0.2, 0.25) is 0 Å². The Bertz CT molecular complexity index is 560. The first kappa shape index (κ1) is 15.3. The maximum Gasteiger partial charge on any atom is 0.224 e. The number of amides is 1. The van der Waals surface area contributed by atoms with Crippen LogP contribution in [0.25, 0.3) is 0 Å². The van der Waals surface area contributed by atoms with Crippen molar-refractivity contribution in [1.82, 2.24) is 5.32 Å². The number of rotatable bonds is 6. The van der Waals surface area contributed by atoms with E-state index in [1.807, 2.05) is 30.3 Å². The fourth-order valence-electron chi connectivity index (χ4n) is 2.32. The van der Waals surface area contributed by atoms with Crippen LogP contribution in [0.4, 0.5) is 0 Å². The minimum atomic E-state index is 0.0967. The van der Waals surface area contributed by atoms with Crippen LogP contribution < -0.4 is 5.32 Å². The Morgan fingerprint density at radius 1 is 1.00 bits per heavy atom. The lowest BCUT2D eigenvalue weighted by Gasteiger charge is -2.14. The van der Waals surface area contributed by atoms with Gasteiger partial charge in [-0.1, -0.05) is 60.2 Å². The SMILES string of the molecule is Cc1ccc(CC(=O)N[C@H](C)CCc2ccccc2)cc1. The van der Waals surface area contributed by atoms with E-state index in [9.17, 15) is 4.79 Å². The highest BCUT2D eigenvalue weighted by atomic mass is 16.1. The first-order chi connectivity index (χ1) is 10.1. The lowest BCUT2D eigenvalue weighted by Crippen LogP contribution is -2.34. The van der Waals surface area contributed by atoms with Crippen LogP contribution in [0.1, 0.15) is 30.0 Å². The molecular formula is C19H23NO. The van der Waals surface area contributed by atoms with Crippen LogP contribution in [0.3, 0.4) is 0 Å². The summed E-state index contributed by atoms with van der Waals surface area (Å²) in [6.45, 7) is 4.12. The molecule has 0 aliphatic carbocycles. The lowest BCUT2D eigenvalue weighted by atomic mass is 10.1. The molecule has 0 radical (unpaired) electrons. The highest BCUT2D eigenvalue weighted by molar-refractivity contribution is 5.78. The number of carbonyl (C=O) groups excluding carboxylic acids is 1. The van der Waals surface area contributed by atoms with E-state index in [1.54, 1.807) is 0 Å². The predicted octanol–water partition coefficient (Wildman–Crippen LogP) is 3.68. The van der Waals surface area contributed by atoms with Crippen LogP contribution >= 0.6 is 0 Å². The summed E-state index contributed by atoms with van der Waals surface area (Å²) in [6, 6.07) is 18.7. The van der Waals surface area contributed by atoms with E-state index in [4.69, 9.17) is 0 Å². The number of aryl methyl sites for hydroxylation is 2. The van der Waals surface area contributed by atoms with Crippen LogP contribution in [0.15, 0.2) is 54.6 Å². The minimum absolute atomic E-state index is 0.0967. The van der Waals surface area contributed by atoms with Crippen molar-refractivity contribution in [3.05, 3.63) is 71.3 Å². The monoisotopic (exact) mass is 281 g/mol. The molecule has 0 aromatic heterocycles. The molecule has 0 fully saturated rings. The summed E-state index contributed by atoms with van der Waals surface area (Å²) < 4.78 is 0. The van der Waals surface area contributed by atoms with Crippen molar-refractivity contribution in [2.45, 2.75) is 39.2 Å². The van der Waals surface area contributed by atoms with E-state index < -0.39 is 0 Å².